The Balaban J connectivity index is 1.36. The van der Waals surface area contributed by atoms with Gasteiger partial charge in [-0.15, -0.1) is 0 Å². The minimum atomic E-state index is -1.51. The summed E-state index contributed by atoms with van der Waals surface area (Å²) in [5.74, 6) is -1.48. The Morgan fingerprint density at radius 1 is 1.36 bits per heavy atom. The number of nitrogens with one attached hydrogen (secondary N) is 1. The summed E-state index contributed by atoms with van der Waals surface area (Å²) >= 11 is 0. The van der Waals surface area contributed by atoms with E-state index in [9.17, 15) is 23.9 Å². The first-order chi connectivity index (χ1) is 15.8. The Morgan fingerprint density at radius 2 is 2.15 bits per heavy atom. The summed E-state index contributed by atoms with van der Waals surface area (Å²) in [7, 11) is 0. The second-order valence-corrected chi connectivity index (χ2v) is 9.50. The Bertz CT molecular complexity index is 1260. The zero-order valence-corrected chi connectivity index (χ0v) is 17.9. The van der Waals surface area contributed by atoms with Crippen molar-refractivity contribution in [2.24, 2.45) is 0 Å². The number of alkyl halides is 1. The van der Waals surface area contributed by atoms with Crippen LogP contribution in [0.15, 0.2) is 16.9 Å². The van der Waals surface area contributed by atoms with Gasteiger partial charge in [-0.3, -0.25) is 19.0 Å². The summed E-state index contributed by atoms with van der Waals surface area (Å²) < 4.78 is 22.4. The largest absolute Gasteiger partial charge is 0.492 e. The third-order valence-corrected chi connectivity index (χ3v) is 6.82. The van der Waals surface area contributed by atoms with Gasteiger partial charge < -0.3 is 20.1 Å². The number of hydrogen-bond donors (Lipinski definition) is 2. The molecule has 2 N–H and O–H groups in total. The van der Waals surface area contributed by atoms with Crippen LogP contribution in [-0.4, -0.2) is 73.0 Å². The molecule has 2 aromatic heterocycles. The number of likely N-dealkylation sites (tertiary alicyclic amines) is 1. The quantitative estimate of drug-likeness (QED) is 0.614. The van der Waals surface area contributed by atoms with Crippen LogP contribution in [0.1, 0.15) is 48.2 Å². The molecule has 2 amide bonds. The van der Waals surface area contributed by atoms with Gasteiger partial charge in [0, 0.05) is 24.7 Å². The summed E-state index contributed by atoms with van der Waals surface area (Å²) in [6, 6.07) is 1.55. The van der Waals surface area contributed by atoms with E-state index in [1.165, 1.54) is 18.2 Å². The second-order valence-electron chi connectivity index (χ2n) is 9.50. The van der Waals surface area contributed by atoms with Gasteiger partial charge in [-0.25, -0.2) is 4.39 Å². The number of carbonyl (C=O) groups excluding carboxylic acids is 2. The van der Waals surface area contributed by atoms with Gasteiger partial charge in [-0.2, -0.15) is 9.61 Å². The van der Waals surface area contributed by atoms with Gasteiger partial charge in [-0.1, -0.05) is 0 Å². The number of morpholine rings is 1. The molecule has 2 aromatic rings. The highest BCUT2D eigenvalue weighted by Crippen LogP contribution is 2.41. The van der Waals surface area contributed by atoms with Crippen molar-refractivity contribution in [3.8, 4) is 5.88 Å². The number of fused-ring (bicyclic) bond motifs is 3. The molecular weight excluding hydrogens is 433 g/mol. The molecule has 0 radical (unpaired) electrons. The topological polar surface area (TPSA) is 118 Å². The highest BCUT2D eigenvalue weighted by molar-refractivity contribution is 5.96. The van der Waals surface area contributed by atoms with E-state index in [0.29, 0.717) is 31.7 Å². The lowest BCUT2D eigenvalue weighted by molar-refractivity contribution is -0.130. The predicted octanol–water partition coefficient (Wildman–Crippen LogP) is 0.609. The minimum absolute atomic E-state index is 0.0234. The van der Waals surface area contributed by atoms with E-state index in [1.807, 2.05) is 0 Å². The molecule has 33 heavy (non-hydrogen) atoms. The van der Waals surface area contributed by atoms with E-state index >= 15 is 0 Å². The van der Waals surface area contributed by atoms with E-state index in [4.69, 9.17) is 4.74 Å². The number of amides is 2. The highest BCUT2D eigenvalue weighted by Gasteiger charge is 2.45. The van der Waals surface area contributed by atoms with E-state index in [2.05, 4.69) is 10.4 Å². The molecule has 4 heterocycles. The number of carbonyl (C=O) groups is 2. The molecule has 0 aromatic carbocycles. The van der Waals surface area contributed by atoms with Crippen molar-refractivity contribution in [3.63, 3.8) is 0 Å². The maximum absolute atomic E-state index is 14.6. The highest BCUT2D eigenvalue weighted by atomic mass is 19.1. The number of aromatic hydroxyl groups is 1. The molecule has 2 aliphatic heterocycles. The van der Waals surface area contributed by atoms with E-state index in [1.54, 1.807) is 4.90 Å². The fraction of sp³-hybridized carbons (Fsp3) is 0.545. The van der Waals surface area contributed by atoms with Gasteiger partial charge in [0.15, 0.2) is 5.56 Å². The summed E-state index contributed by atoms with van der Waals surface area (Å²) in [5.41, 5.74) is -2.28. The Hall–Kier alpha value is -3.21. The standard InChI is InChI=1S/C22H24FN5O5/c23-22(5-6-22)11-27-16-7-13(3-4-17(29)26-9-15-8-14(26)10-33-15)25-28(16)21(32)18(20(27)31)19(30)24-12-1-2-12/h3-4,7,12,14-15,32H,1-2,5-6,8-11H2,(H,24,30)/b4-3+/t14-,15-/m0/s1. The molecule has 4 aliphatic rings. The first-order valence-electron chi connectivity index (χ1n) is 11.3. The number of hydrogen-bond acceptors (Lipinski definition) is 6. The number of halogens is 1. The number of rotatable bonds is 6. The molecule has 0 unspecified atom stereocenters. The fourth-order valence-corrected chi connectivity index (χ4v) is 4.59. The van der Waals surface area contributed by atoms with Gasteiger partial charge in [0.2, 0.25) is 11.8 Å². The van der Waals surface area contributed by atoms with Crippen LogP contribution in [0.5, 0.6) is 5.88 Å². The molecule has 6 rings (SSSR count). The zero-order chi connectivity index (χ0) is 22.9. The van der Waals surface area contributed by atoms with Crippen molar-refractivity contribution in [3.05, 3.63) is 33.8 Å². The maximum Gasteiger partial charge on any atom is 0.270 e. The van der Waals surface area contributed by atoms with Crippen molar-refractivity contribution in [1.29, 1.82) is 0 Å². The average Bonchev–Trinajstić information content (AvgIpc) is 3.57. The maximum atomic E-state index is 14.6. The van der Waals surface area contributed by atoms with Crippen LogP contribution in [0.3, 0.4) is 0 Å². The average molecular weight is 457 g/mol. The molecule has 0 spiro atoms. The predicted molar refractivity (Wildman–Crippen MR) is 114 cm³/mol. The molecule has 2 saturated heterocycles. The summed E-state index contributed by atoms with van der Waals surface area (Å²) in [6.45, 7) is 0.858. The lowest BCUT2D eigenvalue weighted by atomic mass is 10.2. The van der Waals surface area contributed by atoms with Crippen LogP contribution in [0, 0.1) is 0 Å². The van der Waals surface area contributed by atoms with Gasteiger partial charge in [-0.05, 0) is 38.2 Å². The first-order valence-corrected chi connectivity index (χ1v) is 11.3. The van der Waals surface area contributed by atoms with Crippen molar-refractivity contribution < 1.29 is 23.8 Å². The monoisotopic (exact) mass is 457 g/mol. The first kappa shape index (κ1) is 20.4. The third-order valence-electron chi connectivity index (χ3n) is 6.82. The third kappa shape index (κ3) is 3.60. The smallest absolute Gasteiger partial charge is 0.270 e. The molecule has 2 bridgehead atoms. The zero-order valence-electron chi connectivity index (χ0n) is 17.9. The van der Waals surface area contributed by atoms with Crippen molar-refractivity contribution in [2.75, 3.05) is 13.2 Å². The normalized spacial score (nSPS) is 25.3. The summed E-state index contributed by atoms with van der Waals surface area (Å²) in [5, 5.41) is 17.7. The van der Waals surface area contributed by atoms with Crippen molar-refractivity contribution in [2.45, 2.75) is 62.5 Å². The van der Waals surface area contributed by atoms with Gasteiger partial charge in [0.1, 0.15) is 11.3 Å². The summed E-state index contributed by atoms with van der Waals surface area (Å²) in [4.78, 5) is 40.1. The molecule has 2 aliphatic carbocycles. The van der Waals surface area contributed by atoms with Gasteiger partial charge >= 0.3 is 0 Å². The Morgan fingerprint density at radius 3 is 2.79 bits per heavy atom. The molecular formula is C22H24FN5O5. The van der Waals surface area contributed by atoms with E-state index in [0.717, 1.165) is 28.3 Å². The molecule has 2 atom stereocenters. The SMILES string of the molecule is O=C(NC1CC1)c1c(O)n2nc(/C=C/C(=O)N3C[C@@H]4C[C@H]3CO4)cc2n(CC2(F)CC2)c1=O. The number of ether oxygens (including phenoxy) is 1. The molecule has 174 valence electrons. The lowest BCUT2D eigenvalue weighted by Gasteiger charge is -2.25. The van der Waals surface area contributed by atoms with Crippen LogP contribution in [0.4, 0.5) is 4.39 Å². The van der Waals surface area contributed by atoms with Crippen LogP contribution in [0.25, 0.3) is 11.7 Å². The Kier molecular flexibility index (Phi) is 4.42. The fourth-order valence-electron chi connectivity index (χ4n) is 4.59. The molecule has 10 nitrogen and oxygen atoms in total. The van der Waals surface area contributed by atoms with Crippen molar-refractivity contribution in [1.82, 2.24) is 24.4 Å². The molecule has 2 saturated carbocycles. The lowest BCUT2D eigenvalue weighted by Crippen LogP contribution is -2.40. The van der Waals surface area contributed by atoms with E-state index < -0.39 is 28.6 Å². The molecule has 11 heteroatoms. The Labute approximate surface area is 187 Å². The van der Waals surface area contributed by atoms with Gasteiger partial charge in [0.25, 0.3) is 11.5 Å². The minimum Gasteiger partial charge on any atom is -0.492 e. The van der Waals surface area contributed by atoms with Crippen LogP contribution >= 0.6 is 0 Å². The summed E-state index contributed by atoms with van der Waals surface area (Å²) in [6.07, 6.45) is 6.08. The van der Waals surface area contributed by atoms with Crippen LogP contribution < -0.4 is 10.9 Å². The van der Waals surface area contributed by atoms with E-state index in [-0.39, 0.29) is 36.3 Å². The number of nitrogens with zero attached hydrogens (tertiary/aromatic N) is 4. The van der Waals surface area contributed by atoms with Crippen LogP contribution in [-0.2, 0) is 16.1 Å². The second kappa shape index (κ2) is 7.14. The van der Waals surface area contributed by atoms with Crippen LogP contribution in [0.2, 0.25) is 0 Å². The number of aromatic nitrogens is 3. The molecule has 4 fully saturated rings. The van der Waals surface area contributed by atoms with Gasteiger partial charge in [0.05, 0.1) is 31.0 Å². The van der Waals surface area contributed by atoms with Crippen molar-refractivity contribution >= 4 is 23.5 Å².